The van der Waals surface area contributed by atoms with Crippen molar-refractivity contribution in [1.82, 2.24) is 10.6 Å². The van der Waals surface area contributed by atoms with Gasteiger partial charge in [0.25, 0.3) is 0 Å². The molecule has 0 saturated heterocycles. The van der Waals surface area contributed by atoms with Crippen LogP contribution in [-0.4, -0.2) is 62.8 Å². The lowest BCUT2D eigenvalue weighted by Crippen LogP contribution is -2.67. The zero-order chi connectivity index (χ0) is 29.0. The van der Waals surface area contributed by atoms with Gasteiger partial charge in [-0.2, -0.15) is 0 Å². The summed E-state index contributed by atoms with van der Waals surface area (Å²) >= 11 is 0. The summed E-state index contributed by atoms with van der Waals surface area (Å²) < 4.78 is 5.37. The van der Waals surface area contributed by atoms with Crippen LogP contribution in [0.5, 0.6) is 0 Å². The molecule has 40 heavy (non-hydrogen) atoms. The number of aliphatic hydroxyl groups is 2. The number of hydrogen-bond donors (Lipinski definition) is 4. The van der Waals surface area contributed by atoms with Gasteiger partial charge >= 0.3 is 0 Å². The molecule has 0 heterocycles. The molecule has 5 nitrogen and oxygen atoms in total. The molecule has 0 radical (unpaired) electrons. The molecule has 5 aliphatic rings. The van der Waals surface area contributed by atoms with Crippen molar-refractivity contribution in [2.24, 2.45) is 56.7 Å². The molecular weight excluding hydrogens is 496 g/mol. The van der Waals surface area contributed by atoms with Crippen LogP contribution in [-0.2, 0) is 4.74 Å². The van der Waals surface area contributed by atoms with E-state index in [4.69, 9.17) is 4.74 Å². The lowest BCUT2D eigenvalue weighted by atomic mass is 9.32. The first kappa shape index (κ1) is 31.0. The summed E-state index contributed by atoms with van der Waals surface area (Å²) in [6.45, 7) is 21.5. The summed E-state index contributed by atoms with van der Waals surface area (Å²) in [5, 5.41) is 27.5. The van der Waals surface area contributed by atoms with Crippen LogP contribution >= 0.6 is 0 Å². The summed E-state index contributed by atoms with van der Waals surface area (Å²) in [7, 11) is 1.80. The molecular formula is C35H62N2O3. The highest BCUT2D eigenvalue weighted by molar-refractivity contribution is 5.22. The van der Waals surface area contributed by atoms with Crippen LogP contribution in [0.25, 0.3) is 0 Å². The van der Waals surface area contributed by atoms with Crippen LogP contribution in [0.1, 0.15) is 98.8 Å². The Morgan fingerprint density at radius 1 is 0.850 bits per heavy atom. The molecule has 5 saturated carbocycles. The minimum Gasteiger partial charge on any atom is -0.396 e. The van der Waals surface area contributed by atoms with Gasteiger partial charge in [-0.3, -0.25) is 0 Å². The molecule has 0 spiro atoms. The number of aliphatic hydroxyl groups excluding tert-OH is 2. The molecule has 5 rings (SSSR count). The molecule has 4 N–H and O–H groups in total. The second kappa shape index (κ2) is 11.2. The lowest BCUT2D eigenvalue weighted by Gasteiger charge is -2.73. The Labute approximate surface area is 245 Å². The Kier molecular flexibility index (Phi) is 8.70. The van der Waals surface area contributed by atoms with Gasteiger partial charge in [0, 0.05) is 39.4 Å². The first-order valence-electron chi connectivity index (χ1n) is 16.8. The third-order valence-electron chi connectivity index (χ3n) is 14.8. The van der Waals surface area contributed by atoms with E-state index in [0.717, 1.165) is 38.0 Å². The van der Waals surface area contributed by atoms with Crippen molar-refractivity contribution in [2.75, 3.05) is 46.6 Å². The topological polar surface area (TPSA) is 73.8 Å². The fraction of sp³-hybridized carbons (Fsp3) is 0.943. The highest BCUT2D eigenvalue weighted by Crippen LogP contribution is 2.77. The van der Waals surface area contributed by atoms with E-state index in [2.05, 4.69) is 51.8 Å². The highest BCUT2D eigenvalue weighted by atomic mass is 16.5. The van der Waals surface area contributed by atoms with Crippen molar-refractivity contribution in [2.45, 2.75) is 105 Å². The van der Waals surface area contributed by atoms with Gasteiger partial charge in [-0.15, -0.1) is 0 Å². The van der Waals surface area contributed by atoms with E-state index in [1.807, 2.05) is 0 Å². The zero-order valence-electron chi connectivity index (χ0n) is 26.8. The van der Waals surface area contributed by atoms with Gasteiger partial charge in [0.2, 0.25) is 0 Å². The summed E-state index contributed by atoms with van der Waals surface area (Å²) in [5.41, 5.74) is 2.72. The summed E-state index contributed by atoms with van der Waals surface area (Å²) in [6, 6.07) is 0.571. The van der Waals surface area contributed by atoms with Crippen LogP contribution < -0.4 is 10.6 Å². The van der Waals surface area contributed by atoms with E-state index in [0.29, 0.717) is 53.2 Å². The van der Waals surface area contributed by atoms with Crippen molar-refractivity contribution in [3.63, 3.8) is 0 Å². The quantitative estimate of drug-likeness (QED) is 0.201. The Hall–Kier alpha value is -0.460. The average molecular weight is 559 g/mol. The van der Waals surface area contributed by atoms with Crippen molar-refractivity contribution >= 4 is 0 Å². The Bertz CT molecular complexity index is 922. The maximum absolute atomic E-state index is 10.9. The summed E-state index contributed by atoms with van der Waals surface area (Å²) in [5.74, 6) is 3.22. The first-order chi connectivity index (χ1) is 18.9. The number of methoxy groups -OCH3 is 1. The fourth-order valence-corrected chi connectivity index (χ4v) is 12.6. The largest absolute Gasteiger partial charge is 0.396 e. The standard InChI is InChI=1S/C35H62N2O3/c1-24(22-36-18-20-38)25-10-15-35(23-39)17-16-33(5)26(30(25)35)8-9-28-32(4)13-12-29(37-19-21-40-7)31(2,3)27(32)11-14-34(28,33)6/h25-30,36-39H,1,8-23H2,2-7H3/t25-,26+,27-,28+,29?,30+,32-,33+,34+,35+/m0/s1. The lowest BCUT2D eigenvalue weighted by molar-refractivity contribution is -0.241. The van der Waals surface area contributed by atoms with E-state index in [-0.39, 0.29) is 17.4 Å². The van der Waals surface area contributed by atoms with E-state index in [9.17, 15) is 10.2 Å². The van der Waals surface area contributed by atoms with Crippen LogP contribution in [0.4, 0.5) is 0 Å². The molecule has 0 aliphatic heterocycles. The van der Waals surface area contributed by atoms with E-state index >= 15 is 0 Å². The van der Waals surface area contributed by atoms with Crippen LogP contribution in [0.15, 0.2) is 12.2 Å². The fourth-order valence-electron chi connectivity index (χ4n) is 12.6. The SMILES string of the molecule is C=C(CNCCO)[C@@H]1CC[C@]2(CO)CC[C@]3(C)[C@H](CC[C@@H]4[C@@]5(C)CCC(NCCOC)C(C)(C)[C@@H]5CC[C@]43C)[C@@H]12. The first-order valence-corrected chi connectivity index (χ1v) is 16.8. The smallest absolute Gasteiger partial charge is 0.0587 e. The average Bonchev–Trinajstić information content (AvgIpc) is 3.31. The normalized spacial score (nSPS) is 47.6. The molecule has 10 atom stereocenters. The van der Waals surface area contributed by atoms with Crippen molar-refractivity contribution in [1.29, 1.82) is 0 Å². The predicted molar refractivity (Wildman–Crippen MR) is 164 cm³/mol. The second-order valence-corrected chi connectivity index (χ2v) is 16.3. The van der Waals surface area contributed by atoms with Gasteiger partial charge in [-0.1, -0.05) is 46.8 Å². The van der Waals surface area contributed by atoms with Gasteiger partial charge in [0.05, 0.1) is 13.2 Å². The van der Waals surface area contributed by atoms with Gasteiger partial charge in [-0.05, 0) is 121 Å². The molecule has 1 unspecified atom stereocenters. The van der Waals surface area contributed by atoms with Gasteiger partial charge in [0.1, 0.15) is 0 Å². The molecule has 5 aliphatic carbocycles. The third-order valence-corrected chi connectivity index (χ3v) is 14.8. The molecule has 0 aromatic carbocycles. The number of hydrogen-bond acceptors (Lipinski definition) is 5. The number of rotatable bonds is 10. The molecule has 0 aromatic rings. The number of fused-ring (bicyclic) bond motifs is 7. The van der Waals surface area contributed by atoms with Gasteiger partial charge < -0.3 is 25.6 Å². The van der Waals surface area contributed by atoms with Crippen LogP contribution in [0, 0.1) is 56.7 Å². The molecule has 0 aromatic heterocycles. The van der Waals surface area contributed by atoms with Crippen molar-refractivity contribution in [3.05, 3.63) is 12.2 Å². The van der Waals surface area contributed by atoms with Crippen molar-refractivity contribution < 1.29 is 14.9 Å². The maximum Gasteiger partial charge on any atom is 0.0587 e. The number of ether oxygens (including phenoxy) is 1. The molecule has 0 amide bonds. The number of nitrogens with one attached hydrogen (secondary N) is 2. The third kappa shape index (κ3) is 4.50. The second-order valence-electron chi connectivity index (χ2n) is 16.3. The summed E-state index contributed by atoms with van der Waals surface area (Å²) in [4.78, 5) is 0. The maximum atomic E-state index is 10.9. The summed E-state index contributed by atoms with van der Waals surface area (Å²) in [6.07, 6.45) is 12.7. The molecule has 230 valence electrons. The van der Waals surface area contributed by atoms with Crippen LogP contribution in [0.2, 0.25) is 0 Å². The Morgan fingerprint density at radius 2 is 1.62 bits per heavy atom. The zero-order valence-corrected chi connectivity index (χ0v) is 26.8. The Balaban J connectivity index is 1.42. The molecule has 0 bridgehead atoms. The minimum absolute atomic E-state index is 0.0764. The van der Waals surface area contributed by atoms with Crippen LogP contribution in [0.3, 0.4) is 0 Å². The van der Waals surface area contributed by atoms with Crippen molar-refractivity contribution in [3.8, 4) is 0 Å². The van der Waals surface area contributed by atoms with E-state index in [1.54, 1.807) is 7.11 Å². The van der Waals surface area contributed by atoms with Gasteiger partial charge in [0.15, 0.2) is 0 Å². The highest BCUT2D eigenvalue weighted by Gasteiger charge is 2.70. The Morgan fingerprint density at radius 3 is 2.33 bits per heavy atom. The van der Waals surface area contributed by atoms with Gasteiger partial charge in [-0.25, -0.2) is 0 Å². The monoisotopic (exact) mass is 558 g/mol. The molecule has 5 fully saturated rings. The van der Waals surface area contributed by atoms with E-state index < -0.39 is 0 Å². The predicted octanol–water partition coefficient (Wildman–Crippen LogP) is 5.80. The molecule has 5 heteroatoms. The minimum atomic E-state index is 0.0764. The van der Waals surface area contributed by atoms with E-state index in [1.165, 1.54) is 63.4 Å².